The topological polar surface area (TPSA) is 27.0 Å². The Morgan fingerprint density at radius 3 is 2.58 bits per heavy atom. The molecule has 1 aliphatic heterocycles. The number of likely N-dealkylation sites (tertiary alicyclic amines) is 1. The lowest BCUT2D eigenvalue weighted by Gasteiger charge is -2.23. The predicted molar refractivity (Wildman–Crippen MR) is 47.5 cm³/mol. The molecule has 2 aliphatic rings. The molecule has 12 heavy (non-hydrogen) atoms. The second-order valence-electron chi connectivity index (χ2n) is 4.18. The monoisotopic (exact) mass is 164 g/mol. The summed E-state index contributed by atoms with van der Waals surface area (Å²) in [5.74, 6) is 1.07. The zero-order chi connectivity index (χ0) is 8.55. The highest BCUT2D eigenvalue weighted by Crippen LogP contribution is 2.41. The highest BCUT2D eigenvalue weighted by Gasteiger charge is 2.39. The van der Waals surface area contributed by atoms with Crippen LogP contribution in [-0.4, -0.2) is 24.5 Å². The summed E-state index contributed by atoms with van der Waals surface area (Å²) in [7, 11) is 2.16. The largest absolute Gasteiger partial charge is 0.302 e. The van der Waals surface area contributed by atoms with Crippen LogP contribution < -0.4 is 0 Å². The molecule has 0 amide bonds. The average Bonchev–Trinajstić information content (AvgIpc) is 2.80. The van der Waals surface area contributed by atoms with Gasteiger partial charge in [-0.2, -0.15) is 5.26 Å². The lowest BCUT2D eigenvalue weighted by Crippen LogP contribution is -2.32. The molecule has 66 valence electrons. The Bertz CT molecular complexity index is 202. The van der Waals surface area contributed by atoms with Gasteiger partial charge in [0.1, 0.15) is 0 Å². The van der Waals surface area contributed by atoms with Gasteiger partial charge in [0.15, 0.2) is 0 Å². The van der Waals surface area contributed by atoms with E-state index in [9.17, 15) is 0 Å². The van der Waals surface area contributed by atoms with E-state index >= 15 is 0 Å². The molecule has 2 rings (SSSR count). The van der Waals surface area contributed by atoms with E-state index in [0.717, 1.165) is 5.92 Å². The molecule has 1 aliphatic carbocycles. The minimum Gasteiger partial charge on any atom is -0.302 e. The summed E-state index contributed by atoms with van der Waals surface area (Å²) in [6.07, 6.45) is 5.11. The summed E-state index contributed by atoms with van der Waals surface area (Å²) in [4.78, 5) is 2.37. The normalized spacial score (nSPS) is 33.2. The van der Waals surface area contributed by atoms with Gasteiger partial charge in [0.25, 0.3) is 0 Å². The van der Waals surface area contributed by atoms with E-state index in [2.05, 4.69) is 18.0 Å². The first-order valence-electron chi connectivity index (χ1n) is 4.93. The minimum absolute atomic E-state index is 0.331. The van der Waals surface area contributed by atoms with Crippen molar-refractivity contribution in [3.05, 3.63) is 0 Å². The van der Waals surface area contributed by atoms with E-state index in [1.165, 1.54) is 32.2 Å². The molecule has 2 heteroatoms. The Morgan fingerprint density at radius 2 is 2.17 bits per heavy atom. The zero-order valence-corrected chi connectivity index (χ0v) is 7.66. The van der Waals surface area contributed by atoms with Crippen LogP contribution in [-0.2, 0) is 0 Å². The first-order chi connectivity index (χ1) is 5.83. The quantitative estimate of drug-likeness (QED) is 0.620. The Hall–Kier alpha value is -0.550. The van der Waals surface area contributed by atoms with Gasteiger partial charge in [0.2, 0.25) is 0 Å². The third-order valence-corrected chi connectivity index (χ3v) is 3.27. The van der Waals surface area contributed by atoms with Gasteiger partial charge in [-0.1, -0.05) is 0 Å². The Balaban J connectivity index is 2.00. The fourth-order valence-corrected chi connectivity index (χ4v) is 2.35. The average molecular weight is 164 g/mol. The van der Waals surface area contributed by atoms with Gasteiger partial charge < -0.3 is 4.90 Å². The molecule has 2 nitrogen and oxygen atoms in total. The molecule has 1 saturated carbocycles. The third kappa shape index (κ3) is 1.34. The molecule has 2 atom stereocenters. The van der Waals surface area contributed by atoms with Crippen LogP contribution in [0.3, 0.4) is 0 Å². The Kier molecular flexibility index (Phi) is 2.06. The standard InChI is InChI=1S/C10H16N2/c1-12-6-2-3-10(12)9(7-11)8-4-5-8/h8-10H,2-6H2,1H3. The summed E-state index contributed by atoms with van der Waals surface area (Å²) in [5.41, 5.74) is 0. The van der Waals surface area contributed by atoms with Crippen LogP contribution in [0.1, 0.15) is 25.7 Å². The van der Waals surface area contributed by atoms with Gasteiger partial charge >= 0.3 is 0 Å². The van der Waals surface area contributed by atoms with Crippen LogP contribution in [0.5, 0.6) is 0 Å². The summed E-state index contributed by atoms with van der Waals surface area (Å²) < 4.78 is 0. The van der Waals surface area contributed by atoms with Gasteiger partial charge in [-0.3, -0.25) is 0 Å². The fourth-order valence-electron chi connectivity index (χ4n) is 2.35. The maximum atomic E-state index is 9.04. The number of nitriles is 1. The molecular weight excluding hydrogens is 148 g/mol. The van der Waals surface area contributed by atoms with Crippen molar-refractivity contribution in [2.45, 2.75) is 31.7 Å². The first-order valence-corrected chi connectivity index (χ1v) is 4.93. The van der Waals surface area contributed by atoms with Crippen molar-refractivity contribution in [3.63, 3.8) is 0 Å². The van der Waals surface area contributed by atoms with Crippen LogP contribution >= 0.6 is 0 Å². The minimum atomic E-state index is 0.331. The second kappa shape index (κ2) is 3.06. The van der Waals surface area contributed by atoms with E-state index in [0.29, 0.717) is 12.0 Å². The summed E-state index contributed by atoms with van der Waals surface area (Å²) in [6, 6.07) is 3.07. The summed E-state index contributed by atoms with van der Waals surface area (Å²) in [5, 5.41) is 9.04. The van der Waals surface area contributed by atoms with Crippen molar-refractivity contribution >= 4 is 0 Å². The Morgan fingerprint density at radius 1 is 1.42 bits per heavy atom. The van der Waals surface area contributed by atoms with Crippen molar-refractivity contribution in [1.29, 1.82) is 5.26 Å². The van der Waals surface area contributed by atoms with Gasteiger partial charge in [0, 0.05) is 6.04 Å². The smallest absolute Gasteiger partial charge is 0.0675 e. The van der Waals surface area contributed by atoms with Crippen molar-refractivity contribution in [2.75, 3.05) is 13.6 Å². The molecule has 2 unspecified atom stereocenters. The van der Waals surface area contributed by atoms with Gasteiger partial charge in [-0.05, 0) is 45.2 Å². The van der Waals surface area contributed by atoms with Gasteiger partial charge in [-0.15, -0.1) is 0 Å². The molecule has 0 aromatic heterocycles. The van der Waals surface area contributed by atoms with Gasteiger partial charge in [-0.25, -0.2) is 0 Å². The van der Waals surface area contributed by atoms with Crippen LogP contribution in [0.25, 0.3) is 0 Å². The van der Waals surface area contributed by atoms with E-state index in [1.807, 2.05) is 0 Å². The van der Waals surface area contributed by atoms with E-state index < -0.39 is 0 Å². The van der Waals surface area contributed by atoms with Gasteiger partial charge in [0.05, 0.1) is 12.0 Å². The maximum Gasteiger partial charge on any atom is 0.0675 e. The molecular formula is C10H16N2. The van der Waals surface area contributed by atoms with E-state index in [-0.39, 0.29) is 0 Å². The molecule has 0 spiro atoms. The summed E-state index contributed by atoms with van der Waals surface area (Å²) >= 11 is 0. The highest BCUT2D eigenvalue weighted by molar-refractivity contribution is 5.02. The number of hydrogen-bond acceptors (Lipinski definition) is 2. The molecule has 0 bridgehead atoms. The molecule has 0 radical (unpaired) electrons. The van der Waals surface area contributed by atoms with E-state index in [4.69, 9.17) is 5.26 Å². The molecule has 0 N–H and O–H groups in total. The van der Waals surface area contributed by atoms with Crippen molar-refractivity contribution in [3.8, 4) is 6.07 Å². The predicted octanol–water partition coefficient (Wildman–Crippen LogP) is 1.63. The van der Waals surface area contributed by atoms with Crippen molar-refractivity contribution in [2.24, 2.45) is 11.8 Å². The first kappa shape index (κ1) is 8.07. The van der Waals surface area contributed by atoms with E-state index in [1.54, 1.807) is 0 Å². The second-order valence-corrected chi connectivity index (χ2v) is 4.18. The van der Waals surface area contributed by atoms with Crippen molar-refractivity contribution in [1.82, 2.24) is 4.90 Å². The van der Waals surface area contributed by atoms with Crippen molar-refractivity contribution < 1.29 is 0 Å². The molecule has 2 fully saturated rings. The zero-order valence-electron chi connectivity index (χ0n) is 7.66. The number of nitrogens with zero attached hydrogens (tertiary/aromatic N) is 2. The van der Waals surface area contributed by atoms with Crippen LogP contribution in [0, 0.1) is 23.2 Å². The number of hydrogen-bond donors (Lipinski definition) is 0. The molecule has 0 aromatic carbocycles. The van der Waals surface area contributed by atoms with Crippen LogP contribution in [0.4, 0.5) is 0 Å². The molecule has 1 saturated heterocycles. The highest BCUT2D eigenvalue weighted by atomic mass is 15.1. The van der Waals surface area contributed by atoms with Crippen LogP contribution in [0.15, 0.2) is 0 Å². The molecule has 1 heterocycles. The molecule has 0 aromatic rings. The maximum absolute atomic E-state index is 9.04. The fraction of sp³-hybridized carbons (Fsp3) is 0.900. The van der Waals surface area contributed by atoms with Crippen LogP contribution in [0.2, 0.25) is 0 Å². The lowest BCUT2D eigenvalue weighted by atomic mass is 9.94. The SMILES string of the molecule is CN1CCCC1C(C#N)C1CC1. The number of rotatable bonds is 2. The lowest BCUT2D eigenvalue weighted by molar-refractivity contribution is 0.244. The Labute approximate surface area is 74.2 Å². The third-order valence-electron chi connectivity index (χ3n) is 3.27. The summed E-state index contributed by atoms with van der Waals surface area (Å²) in [6.45, 7) is 1.19.